The number of piperidine rings is 2. The predicted octanol–water partition coefficient (Wildman–Crippen LogP) is 11.5. The molecule has 0 unspecified atom stereocenters. The lowest BCUT2D eigenvalue weighted by Crippen LogP contribution is -2.34. The smallest absolute Gasteiger partial charge is 0.268 e. The van der Waals surface area contributed by atoms with Gasteiger partial charge in [0.05, 0.1) is 32.2 Å². The molecule has 6 aromatic carbocycles. The van der Waals surface area contributed by atoms with Crippen LogP contribution in [0.3, 0.4) is 0 Å². The molecule has 0 spiro atoms. The van der Waals surface area contributed by atoms with E-state index in [2.05, 4.69) is 58.3 Å². The van der Waals surface area contributed by atoms with Gasteiger partial charge >= 0.3 is 0 Å². The van der Waals surface area contributed by atoms with Crippen LogP contribution in [0.4, 0.5) is 0 Å². The fourth-order valence-electron chi connectivity index (χ4n) is 10.5. The lowest BCUT2D eigenvalue weighted by atomic mass is 9.84. The molecule has 11 heteroatoms. The van der Waals surface area contributed by atoms with Crippen LogP contribution in [0.25, 0.3) is 33.0 Å². The molecular weight excluding hydrogens is 909 g/mol. The van der Waals surface area contributed by atoms with Crippen molar-refractivity contribution in [2.45, 2.75) is 62.4 Å². The van der Waals surface area contributed by atoms with Crippen molar-refractivity contribution in [1.29, 1.82) is 0 Å². The number of ketones is 1. The van der Waals surface area contributed by atoms with E-state index in [-0.39, 0.29) is 27.4 Å². The van der Waals surface area contributed by atoms with Crippen molar-refractivity contribution in [3.8, 4) is 0 Å². The van der Waals surface area contributed by atoms with Crippen molar-refractivity contribution in [3.05, 3.63) is 216 Å². The third-order valence-electron chi connectivity index (χ3n) is 14.1. The maximum Gasteiger partial charge on any atom is 0.268 e. The average molecular weight is 967 g/mol. The first-order chi connectivity index (χ1) is 33.9. The van der Waals surface area contributed by atoms with Crippen LogP contribution < -0.4 is 0 Å². The summed E-state index contributed by atoms with van der Waals surface area (Å²) in [6.07, 6.45) is 6.13. The Labute approximate surface area is 412 Å². The minimum atomic E-state index is -4.15. The first-order valence-corrected chi connectivity index (χ1v) is 27.2. The Balaban J connectivity index is 1.13. The Hall–Kier alpha value is -6.63. The second-order valence-corrected chi connectivity index (χ2v) is 22.6. The standard InChI is InChI=1S/C59H58N4O5S2/c1-43-23-25-49-37-58(62(56(49)35-43)69(65,66)52-19-11-5-12-20-52)54(47-27-31-60(32-28-47)41-45-15-7-3-8-16-45)39-51(64)40-55(48-29-33-61(34-30-48)42-46-17-9-4-10-18-46)59-38-50-26-24-44(2)36-57(50)63(59)70(67,68)53-21-13-6-14-22-53/h3-26,35-40,47-48H,27-34,41-42H2,1-2H3. The molecule has 2 aromatic heterocycles. The van der Waals surface area contributed by atoms with Gasteiger partial charge < -0.3 is 0 Å². The van der Waals surface area contributed by atoms with Gasteiger partial charge in [-0.2, -0.15) is 0 Å². The number of likely N-dealkylation sites (tertiary alicyclic amines) is 2. The Bertz CT molecular complexity index is 3230. The molecule has 2 saturated heterocycles. The fourth-order valence-corrected chi connectivity index (χ4v) is 13.6. The van der Waals surface area contributed by atoms with Gasteiger partial charge in [-0.3, -0.25) is 14.6 Å². The van der Waals surface area contributed by atoms with Crippen molar-refractivity contribution in [1.82, 2.24) is 17.7 Å². The van der Waals surface area contributed by atoms with Crippen molar-refractivity contribution in [2.75, 3.05) is 26.2 Å². The van der Waals surface area contributed by atoms with Crippen LogP contribution in [0.1, 0.15) is 59.3 Å². The topological polar surface area (TPSA) is 102 Å². The van der Waals surface area contributed by atoms with Gasteiger partial charge in [-0.05, 0) is 172 Å². The SMILES string of the molecule is Cc1ccc2cc(C(=CC(=O)C=C(c3cc4ccc(C)cc4n3S(=O)(=O)c3ccccc3)C3CCN(Cc4ccccc4)CC3)C3CCN(Cc4ccccc4)CC3)n(S(=O)(=O)c3ccccc3)c2c1. The number of hydrogen-bond acceptors (Lipinski definition) is 7. The van der Waals surface area contributed by atoms with Crippen LogP contribution in [0, 0.1) is 25.7 Å². The summed E-state index contributed by atoms with van der Waals surface area (Å²) >= 11 is 0. The number of nitrogens with zero attached hydrogens (tertiary/aromatic N) is 4. The quantitative estimate of drug-likeness (QED) is 0.100. The summed E-state index contributed by atoms with van der Waals surface area (Å²) in [5.41, 5.74) is 7.58. The first kappa shape index (κ1) is 47.1. The number of carbonyl (C=O) groups is 1. The maximum atomic E-state index is 15.4. The second-order valence-electron chi connectivity index (χ2n) is 19.0. The molecule has 2 fully saturated rings. The first-order valence-electron chi connectivity index (χ1n) is 24.3. The van der Waals surface area contributed by atoms with Crippen LogP contribution in [0.2, 0.25) is 0 Å². The largest absolute Gasteiger partial charge is 0.299 e. The van der Waals surface area contributed by atoms with E-state index >= 15 is 21.6 Å². The van der Waals surface area contributed by atoms with E-state index in [1.54, 1.807) is 72.8 Å². The van der Waals surface area contributed by atoms with E-state index in [4.69, 9.17) is 0 Å². The van der Waals surface area contributed by atoms with Gasteiger partial charge in [0.1, 0.15) is 0 Å². The molecule has 0 bridgehead atoms. The fraction of sp³-hybridized carbons (Fsp3) is 0.237. The molecule has 0 saturated carbocycles. The highest BCUT2D eigenvalue weighted by Gasteiger charge is 2.33. The highest BCUT2D eigenvalue weighted by atomic mass is 32.2. The number of benzene rings is 6. The molecule has 0 aliphatic carbocycles. The van der Waals surface area contributed by atoms with Crippen molar-refractivity contribution in [2.24, 2.45) is 11.8 Å². The van der Waals surface area contributed by atoms with Crippen LogP contribution in [-0.2, 0) is 37.9 Å². The summed E-state index contributed by atoms with van der Waals surface area (Å²) in [4.78, 5) is 20.6. The van der Waals surface area contributed by atoms with Gasteiger partial charge in [-0.25, -0.2) is 24.8 Å². The number of carbonyl (C=O) groups excluding carboxylic acids is 1. The number of aromatic nitrogens is 2. The van der Waals surface area contributed by atoms with E-state index in [1.807, 2.05) is 74.5 Å². The van der Waals surface area contributed by atoms with Crippen LogP contribution in [0.5, 0.6) is 0 Å². The zero-order chi connectivity index (χ0) is 48.4. The van der Waals surface area contributed by atoms with Crippen molar-refractivity contribution < 1.29 is 21.6 Å². The summed E-state index contributed by atoms with van der Waals surface area (Å²) in [5.74, 6) is -0.632. The number of rotatable bonds is 14. The minimum absolute atomic E-state index is 0.155. The number of aryl methyl sites for hydroxylation is 2. The second kappa shape index (κ2) is 20.0. The molecule has 0 N–H and O–H groups in total. The summed E-state index contributed by atoms with van der Waals surface area (Å²) in [6.45, 7) is 8.53. The molecule has 356 valence electrons. The van der Waals surface area contributed by atoms with Crippen molar-refractivity contribution in [3.63, 3.8) is 0 Å². The zero-order valence-corrected chi connectivity index (χ0v) is 41.3. The predicted molar refractivity (Wildman–Crippen MR) is 281 cm³/mol. The molecule has 4 heterocycles. The highest BCUT2D eigenvalue weighted by Crippen LogP contribution is 2.41. The van der Waals surface area contributed by atoms with Crippen LogP contribution in [-0.4, -0.2) is 66.5 Å². The summed E-state index contributed by atoms with van der Waals surface area (Å²) in [6, 6.07) is 53.2. The van der Waals surface area contributed by atoms with E-state index in [0.29, 0.717) is 59.3 Å². The summed E-state index contributed by atoms with van der Waals surface area (Å²) in [5, 5.41) is 1.51. The Morgan fingerprint density at radius 1 is 0.471 bits per heavy atom. The van der Waals surface area contributed by atoms with E-state index in [0.717, 1.165) is 61.2 Å². The van der Waals surface area contributed by atoms with Crippen molar-refractivity contribution >= 4 is 58.8 Å². The highest BCUT2D eigenvalue weighted by molar-refractivity contribution is 7.90. The Morgan fingerprint density at radius 2 is 0.814 bits per heavy atom. The summed E-state index contributed by atoms with van der Waals surface area (Å²) in [7, 11) is -8.31. The molecule has 9 nitrogen and oxygen atoms in total. The van der Waals surface area contributed by atoms with Gasteiger partial charge in [-0.1, -0.05) is 121 Å². The molecule has 8 aromatic rings. The minimum Gasteiger partial charge on any atom is -0.299 e. The molecule has 70 heavy (non-hydrogen) atoms. The molecule has 2 aliphatic rings. The number of fused-ring (bicyclic) bond motifs is 2. The van der Waals surface area contributed by atoms with Gasteiger partial charge in [-0.15, -0.1) is 0 Å². The maximum absolute atomic E-state index is 15.4. The number of hydrogen-bond donors (Lipinski definition) is 0. The average Bonchev–Trinajstić information content (AvgIpc) is 3.96. The summed E-state index contributed by atoms with van der Waals surface area (Å²) < 4.78 is 62.9. The zero-order valence-electron chi connectivity index (χ0n) is 39.7. The molecule has 2 aliphatic heterocycles. The molecule has 10 rings (SSSR count). The van der Waals surface area contributed by atoms with Crippen LogP contribution in [0.15, 0.2) is 192 Å². The Morgan fingerprint density at radius 3 is 1.17 bits per heavy atom. The van der Waals surface area contributed by atoms with E-state index in [9.17, 15) is 0 Å². The lowest BCUT2D eigenvalue weighted by Gasteiger charge is -2.34. The number of allylic oxidation sites excluding steroid dienone is 4. The monoisotopic (exact) mass is 966 g/mol. The molecule has 0 atom stereocenters. The van der Waals surface area contributed by atoms with Gasteiger partial charge in [0, 0.05) is 23.9 Å². The van der Waals surface area contributed by atoms with E-state index < -0.39 is 20.0 Å². The van der Waals surface area contributed by atoms with Gasteiger partial charge in [0.15, 0.2) is 5.78 Å². The molecule has 0 radical (unpaired) electrons. The third-order valence-corrected chi connectivity index (χ3v) is 17.6. The lowest BCUT2D eigenvalue weighted by molar-refractivity contribution is -0.110. The molecule has 0 amide bonds. The normalized spacial score (nSPS) is 16.3. The third kappa shape index (κ3) is 9.76. The molecular formula is C59H58N4O5S2. The van der Waals surface area contributed by atoms with Gasteiger partial charge in [0.25, 0.3) is 20.0 Å². The van der Waals surface area contributed by atoms with Crippen LogP contribution >= 0.6 is 0 Å². The van der Waals surface area contributed by atoms with Gasteiger partial charge in [0.2, 0.25) is 0 Å². The Kier molecular flexibility index (Phi) is 13.4. The van der Waals surface area contributed by atoms with E-state index in [1.165, 1.54) is 19.1 Å².